The van der Waals surface area contributed by atoms with Gasteiger partial charge in [0.15, 0.2) is 0 Å². The summed E-state index contributed by atoms with van der Waals surface area (Å²) in [5.74, 6) is 2.49. The fourth-order valence-electron chi connectivity index (χ4n) is 3.06. The predicted molar refractivity (Wildman–Crippen MR) is 85.2 cm³/mol. The second-order valence-electron chi connectivity index (χ2n) is 5.81. The number of hydrogen-bond acceptors (Lipinski definition) is 3. The molecule has 0 aromatic heterocycles. The van der Waals surface area contributed by atoms with Gasteiger partial charge >= 0.3 is 0 Å². The summed E-state index contributed by atoms with van der Waals surface area (Å²) in [5.41, 5.74) is 0.444. The third kappa shape index (κ3) is 5.16. The SMILES string of the molecule is CCCC1(CNC(=O)CC2CSCCN2)CCC1.Cl. The van der Waals surface area contributed by atoms with Crippen LogP contribution in [0.2, 0.25) is 0 Å². The highest BCUT2D eigenvalue weighted by molar-refractivity contribution is 7.99. The molecule has 19 heavy (non-hydrogen) atoms. The van der Waals surface area contributed by atoms with E-state index >= 15 is 0 Å². The first kappa shape index (κ1) is 17.1. The highest BCUT2D eigenvalue weighted by Gasteiger charge is 2.36. The van der Waals surface area contributed by atoms with Crippen LogP contribution < -0.4 is 10.6 Å². The number of nitrogens with one attached hydrogen (secondary N) is 2. The van der Waals surface area contributed by atoms with Crippen LogP contribution in [0.4, 0.5) is 0 Å². The van der Waals surface area contributed by atoms with Crippen molar-refractivity contribution in [2.24, 2.45) is 5.41 Å². The summed E-state index contributed by atoms with van der Waals surface area (Å²) < 4.78 is 0. The Morgan fingerprint density at radius 3 is 2.79 bits per heavy atom. The fraction of sp³-hybridized carbons (Fsp3) is 0.929. The molecule has 2 fully saturated rings. The monoisotopic (exact) mass is 306 g/mol. The Bertz CT molecular complexity index is 279. The van der Waals surface area contributed by atoms with E-state index in [4.69, 9.17) is 0 Å². The summed E-state index contributed by atoms with van der Waals surface area (Å²) in [6, 6.07) is 0.382. The molecule has 1 amide bonds. The maximum absolute atomic E-state index is 11.9. The second kappa shape index (κ2) is 8.38. The molecule has 1 saturated heterocycles. The number of carbonyl (C=O) groups is 1. The summed E-state index contributed by atoms with van der Waals surface area (Å²) >= 11 is 1.95. The normalized spacial score (nSPS) is 25.0. The van der Waals surface area contributed by atoms with Crippen LogP contribution >= 0.6 is 24.2 Å². The van der Waals surface area contributed by atoms with Crippen molar-refractivity contribution < 1.29 is 4.79 Å². The second-order valence-corrected chi connectivity index (χ2v) is 6.96. The topological polar surface area (TPSA) is 41.1 Å². The van der Waals surface area contributed by atoms with Gasteiger partial charge in [0.1, 0.15) is 0 Å². The van der Waals surface area contributed by atoms with E-state index in [1.54, 1.807) is 0 Å². The van der Waals surface area contributed by atoms with Gasteiger partial charge in [0.2, 0.25) is 5.91 Å². The number of carbonyl (C=O) groups excluding carboxylic acids is 1. The summed E-state index contributed by atoms with van der Waals surface area (Å²) in [7, 11) is 0. The average molecular weight is 307 g/mol. The quantitative estimate of drug-likeness (QED) is 0.792. The van der Waals surface area contributed by atoms with Crippen molar-refractivity contribution >= 4 is 30.1 Å². The van der Waals surface area contributed by atoms with Crippen molar-refractivity contribution in [2.75, 3.05) is 24.6 Å². The Morgan fingerprint density at radius 1 is 1.47 bits per heavy atom. The molecule has 3 nitrogen and oxygen atoms in total. The molecule has 1 atom stereocenters. The minimum absolute atomic E-state index is 0. The van der Waals surface area contributed by atoms with Crippen molar-refractivity contribution in [1.29, 1.82) is 0 Å². The third-order valence-corrected chi connectivity index (χ3v) is 5.42. The Balaban J connectivity index is 0.00000180. The van der Waals surface area contributed by atoms with Gasteiger partial charge in [-0.15, -0.1) is 12.4 Å². The van der Waals surface area contributed by atoms with E-state index in [0.29, 0.717) is 17.9 Å². The highest BCUT2D eigenvalue weighted by Crippen LogP contribution is 2.44. The van der Waals surface area contributed by atoms with Crippen LogP contribution in [-0.4, -0.2) is 36.5 Å². The first-order chi connectivity index (χ1) is 8.74. The van der Waals surface area contributed by atoms with Crippen molar-refractivity contribution in [3.8, 4) is 0 Å². The largest absolute Gasteiger partial charge is 0.355 e. The molecule has 1 aliphatic heterocycles. The van der Waals surface area contributed by atoms with Crippen LogP contribution in [0.25, 0.3) is 0 Å². The fourth-order valence-corrected chi connectivity index (χ4v) is 4.00. The van der Waals surface area contributed by atoms with E-state index in [1.807, 2.05) is 11.8 Å². The lowest BCUT2D eigenvalue weighted by atomic mass is 9.66. The maximum atomic E-state index is 11.9. The van der Waals surface area contributed by atoms with Crippen LogP contribution in [0.5, 0.6) is 0 Å². The van der Waals surface area contributed by atoms with Gasteiger partial charge in [0, 0.05) is 37.1 Å². The van der Waals surface area contributed by atoms with Gasteiger partial charge in [-0.05, 0) is 24.7 Å². The molecule has 1 unspecified atom stereocenters. The van der Waals surface area contributed by atoms with Crippen LogP contribution in [0.3, 0.4) is 0 Å². The highest BCUT2D eigenvalue weighted by atomic mass is 35.5. The van der Waals surface area contributed by atoms with Gasteiger partial charge in [-0.25, -0.2) is 0 Å². The number of amides is 1. The zero-order valence-electron chi connectivity index (χ0n) is 11.9. The molecule has 2 rings (SSSR count). The van der Waals surface area contributed by atoms with Gasteiger partial charge < -0.3 is 10.6 Å². The number of halogens is 1. The van der Waals surface area contributed by atoms with E-state index in [1.165, 1.54) is 37.9 Å². The summed E-state index contributed by atoms with van der Waals surface area (Å²) in [6.07, 6.45) is 7.10. The number of rotatable bonds is 6. The smallest absolute Gasteiger partial charge is 0.221 e. The lowest BCUT2D eigenvalue weighted by Gasteiger charge is -2.42. The van der Waals surface area contributed by atoms with Crippen LogP contribution in [0, 0.1) is 5.41 Å². The van der Waals surface area contributed by atoms with E-state index in [2.05, 4.69) is 17.6 Å². The van der Waals surface area contributed by atoms with Gasteiger partial charge in [-0.1, -0.05) is 19.8 Å². The predicted octanol–water partition coefficient (Wildman–Crippen LogP) is 2.59. The van der Waals surface area contributed by atoms with Crippen molar-refractivity contribution in [3.63, 3.8) is 0 Å². The Morgan fingerprint density at radius 2 is 2.26 bits per heavy atom. The Hall–Kier alpha value is 0.0700. The van der Waals surface area contributed by atoms with Gasteiger partial charge in [-0.2, -0.15) is 11.8 Å². The number of thioether (sulfide) groups is 1. The van der Waals surface area contributed by atoms with Crippen molar-refractivity contribution in [3.05, 3.63) is 0 Å². The molecule has 0 aromatic carbocycles. The summed E-state index contributed by atoms with van der Waals surface area (Å²) in [6.45, 7) is 4.19. The summed E-state index contributed by atoms with van der Waals surface area (Å²) in [5, 5.41) is 6.59. The molecule has 2 N–H and O–H groups in total. The first-order valence-electron chi connectivity index (χ1n) is 7.32. The van der Waals surface area contributed by atoms with E-state index in [0.717, 1.165) is 18.8 Å². The molecule has 1 aliphatic carbocycles. The molecule has 0 aromatic rings. The molecule has 0 spiro atoms. The van der Waals surface area contributed by atoms with E-state index < -0.39 is 0 Å². The van der Waals surface area contributed by atoms with Crippen LogP contribution in [0.15, 0.2) is 0 Å². The van der Waals surface area contributed by atoms with Crippen molar-refractivity contribution in [1.82, 2.24) is 10.6 Å². The molecule has 0 radical (unpaired) electrons. The molecule has 0 bridgehead atoms. The lowest BCUT2D eigenvalue weighted by molar-refractivity contribution is -0.122. The van der Waals surface area contributed by atoms with Gasteiger partial charge in [0.05, 0.1) is 0 Å². The lowest BCUT2D eigenvalue weighted by Crippen LogP contribution is -2.45. The Labute approximate surface area is 127 Å². The summed E-state index contributed by atoms with van der Waals surface area (Å²) in [4.78, 5) is 11.9. The van der Waals surface area contributed by atoms with Crippen molar-refractivity contribution in [2.45, 2.75) is 51.5 Å². The zero-order valence-corrected chi connectivity index (χ0v) is 13.5. The zero-order chi connectivity index (χ0) is 12.8. The third-order valence-electron chi connectivity index (χ3n) is 4.29. The van der Waals surface area contributed by atoms with Crippen LogP contribution in [0.1, 0.15) is 45.4 Å². The standard InChI is InChI=1S/C14H26N2OS.ClH/c1-2-4-14(5-3-6-14)11-16-13(17)9-12-10-18-8-7-15-12;/h12,15H,2-11H2,1H3,(H,16,17);1H. The minimum Gasteiger partial charge on any atom is -0.355 e. The first-order valence-corrected chi connectivity index (χ1v) is 8.47. The molecular weight excluding hydrogens is 280 g/mol. The van der Waals surface area contributed by atoms with Gasteiger partial charge in [0.25, 0.3) is 0 Å². The van der Waals surface area contributed by atoms with E-state index in [9.17, 15) is 4.79 Å². The average Bonchev–Trinajstić information content (AvgIpc) is 2.34. The molecule has 112 valence electrons. The molecule has 2 aliphatic rings. The minimum atomic E-state index is 0. The van der Waals surface area contributed by atoms with Crippen LogP contribution in [-0.2, 0) is 4.79 Å². The maximum Gasteiger partial charge on any atom is 0.221 e. The van der Waals surface area contributed by atoms with Gasteiger partial charge in [-0.3, -0.25) is 4.79 Å². The van der Waals surface area contributed by atoms with E-state index in [-0.39, 0.29) is 18.3 Å². The molecule has 1 heterocycles. The number of hydrogen-bond donors (Lipinski definition) is 2. The Kier molecular flexibility index (Phi) is 7.55. The molecule has 5 heteroatoms. The molecule has 1 saturated carbocycles. The molecular formula is C14H27ClN2OS.